The van der Waals surface area contributed by atoms with E-state index >= 15 is 0 Å². The first-order valence-electron chi connectivity index (χ1n) is 6.29. The molecule has 2 unspecified atom stereocenters. The van der Waals surface area contributed by atoms with Gasteiger partial charge >= 0.3 is 0 Å². The van der Waals surface area contributed by atoms with Crippen LogP contribution in [-0.4, -0.2) is 14.4 Å². The molecule has 104 valence electrons. The molecule has 1 aliphatic heterocycles. The van der Waals surface area contributed by atoms with Gasteiger partial charge in [0, 0.05) is 11.9 Å². The van der Waals surface area contributed by atoms with Crippen LogP contribution < -0.4 is 9.83 Å². The molecule has 0 bridgehead atoms. The zero-order valence-electron chi connectivity index (χ0n) is 10.6. The van der Waals surface area contributed by atoms with E-state index in [1.165, 1.54) is 6.07 Å². The van der Waals surface area contributed by atoms with Crippen molar-refractivity contribution in [2.75, 3.05) is 0 Å². The predicted octanol–water partition coefficient (Wildman–Crippen LogP) is 0.576. The Labute approximate surface area is 112 Å². The summed E-state index contributed by atoms with van der Waals surface area (Å²) in [6, 6.07) is 5.75. The zero-order chi connectivity index (χ0) is 14.0. The summed E-state index contributed by atoms with van der Waals surface area (Å²) in [6.07, 6.45) is 1.98. The van der Waals surface area contributed by atoms with Crippen molar-refractivity contribution in [3.63, 3.8) is 0 Å². The van der Waals surface area contributed by atoms with Crippen molar-refractivity contribution in [3.05, 3.63) is 29.8 Å². The highest BCUT2D eigenvalue weighted by atomic mass is 32.2. The van der Waals surface area contributed by atoms with E-state index in [0.29, 0.717) is 12.0 Å². The molecule has 2 rings (SSSR count). The molecular formula is C13H16NO4S-. The molecule has 1 aromatic rings. The highest BCUT2D eigenvalue weighted by molar-refractivity contribution is 7.89. The third kappa shape index (κ3) is 2.64. The van der Waals surface area contributed by atoms with E-state index in [-0.39, 0.29) is 4.90 Å². The molecule has 19 heavy (non-hydrogen) atoms. The van der Waals surface area contributed by atoms with Gasteiger partial charge in [0.2, 0.25) is 10.0 Å². The average Bonchev–Trinajstić information content (AvgIpc) is 2.63. The molecule has 1 N–H and O–H groups in total. The van der Waals surface area contributed by atoms with Crippen LogP contribution in [0.3, 0.4) is 0 Å². The number of nitrogens with one attached hydrogen (secondary N) is 1. The lowest BCUT2D eigenvalue weighted by atomic mass is 9.89. The van der Waals surface area contributed by atoms with Gasteiger partial charge in [-0.3, -0.25) is 0 Å². The van der Waals surface area contributed by atoms with E-state index in [1.807, 2.05) is 6.92 Å². The molecule has 2 atom stereocenters. The molecule has 0 aliphatic carbocycles. The molecular weight excluding hydrogens is 266 g/mol. The Morgan fingerprint density at radius 3 is 2.74 bits per heavy atom. The van der Waals surface area contributed by atoms with E-state index in [9.17, 15) is 18.3 Å². The van der Waals surface area contributed by atoms with Gasteiger partial charge in [0.05, 0.1) is 10.9 Å². The van der Waals surface area contributed by atoms with Crippen LogP contribution in [0.1, 0.15) is 37.8 Å². The summed E-state index contributed by atoms with van der Waals surface area (Å²) in [5.41, 5.74) is 0.521. The second-order valence-electron chi connectivity index (χ2n) is 4.70. The summed E-state index contributed by atoms with van der Waals surface area (Å²) in [6.45, 7) is 1.96. The van der Waals surface area contributed by atoms with E-state index < -0.39 is 28.0 Å². The second-order valence-corrected chi connectivity index (χ2v) is 6.39. The lowest BCUT2D eigenvalue weighted by Crippen LogP contribution is -2.39. The van der Waals surface area contributed by atoms with Crippen molar-refractivity contribution < 1.29 is 18.3 Å². The van der Waals surface area contributed by atoms with Crippen LogP contribution in [0.5, 0.6) is 0 Å². The number of carboxylic acids is 1. The lowest BCUT2D eigenvalue weighted by molar-refractivity contribution is -0.312. The molecule has 0 saturated carbocycles. The van der Waals surface area contributed by atoms with Gasteiger partial charge in [-0.15, -0.1) is 0 Å². The Morgan fingerprint density at radius 1 is 1.42 bits per heavy atom. The first-order valence-corrected chi connectivity index (χ1v) is 7.78. The molecule has 0 amide bonds. The van der Waals surface area contributed by atoms with Crippen molar-refractivity contribution in [2.24, 2.45) is 5.92 Å². The van der Waals surface area contributed by atoms with Crippen molar-refractivity contribution in [3.8, 4) is 0 Å². The molecule has 0 saturated heterocycles. The fourth-order valence-electron chi connectivity index (χ4n) is 2.42. The molecule has 1 heterocycles. The van der Waals surface area contributed by atoms with Gasteiger partial charge in [-0.05, 0) is 18.1 Å². The molecule has 1 aliphatic rings. The topological polar surface area (TPSA) is 86.3 Å². The fraction of sp³-hybridized carbons (Fsp3) is 0.462. The van der Waals surface area contributed by atoms with Gasteiger partial charge in [0.15, 0.2) is 0 Å². The first-order chi connectivity index (χ1) is 8.97. The number of fused-ring (bicyclic) bond motifs is 1. The molecule has 0 aromatic heterocycles. The minimum Gasteiger partial charge on any atom is -0.550 e. The van der Waals surface area contributed by atoms with Gasteiger partial charge in [-0.1, -0.05) is 38.0 Å². The lowest BCUT2D eigenvalue weighted by Gasteiger charge is -2.24. The summed E-state index contributed by atoms with van der Waals surface area (Å²) in [5, 5.41) is 11.3. The van der Waals surface area contributed by atoms with Gasteiger partial charge in [0.1, 0.15) is 0 Å². The molecule has 5 nitrogen and oxygen atoms in total. The highest BCUT2D eigenvalue weighted by Gasteiger charge is 2.38. The summed E-state index contributed by atoms with van der Waals surface area (Å²) >= 11 is 0. The van der Waals surface area contributed by atoms with Crippen LogP contribution >= 0.6 is 0 Å². The quantitative estimate of drug-likeness (QED) is 0.855. The van der Waals surface area contributed by atoms with Crippen LogP contribution in [0.25, 0.3) is 0 Å². The normalized spacial score (nSPS) is 21.8. The highest BCUT2D eigenvalue weighted by Crippen LogP contribution is 2.36. The molecule has 0 spiro atoms. The number of aliphatic carboxylic acids is 1. The summed E-state index contributed by atoms with van der Waals surface area (Å²) in [4.78, 5) is 11.4. The van der Waals surface area contributed by atoms with Crippen LogP contribution in [0.4, 0.5) is 0 Å². The van der Waals surface area contributed by atoms with E-state index in [2.05, 4.69) is 4.72 Å². The van der Waals surface area contributed by atoms with Gasteiger partial charge in [0.25, 0.3) is 0 Å². The number of carbonyl (C=O) groups is 1. The number of unbranched alkanes of at least 4 members (excludes halogenated alkanes) is 1. The van der Waals surface area contributed by atoms with Crippen LogP contribution in [0.2, 0.25) is 0 Å². The maximum Gasteiger partial charge on any atom is 0.241 e. The number of hydrogen-bond acceptors (Lipinski definition) is 4. The Balaban J connectivity index is 2.38. The Kier molecular flexibility index (Phi) is 3.91. The van der Waals surface area contributed by atoms with Crippen LogP contribution in [0.15, 0.2) is 29.2 Å². The summed E-state index contributed by atoms with van der Waals surface area (Å²) in [5.74, 6) is -2.05. The summed E-state index contributed by atoms with van der Waals surface area (Å²) < 4.78 is 26.3. The molecule has 0 fully saturated rings. The predicted molar refractivity (Wildman–Crippen MR) is 67.5 cm³/mol. The van der Waals surface area contributed by atoms with Gasteiger partial charge in [-0.25, -0.2) is 13.1 Å². The smallest absolute Gasteiger partial charge is 0.241 e. The monoisotopic (exact) mass is 282 g/mol. The summed E-state index contributed by atoms with van der Waals surface area (Å²) in [7, 11) is -3.60. The fourth-order valence-corrected chi connectivity index (χ4v) is 3.94. The Hall–Kier alpha value is -1.40. The largest absolute Gasteiger partial charge is 0.550 e. The number of sulfonamides is 1. The maximum atomic E-state index is 11.9. The maximum absolute atomic E-state index is 11.9. The second kappa shape index (κ2) is 5.30. The SMILES string of the molecule is CCCCC(C(=O)[O-])C1NS(=O)(=O)c2ccccc21. The Morgan fingerprint density at radius 2 is 2.11 bits per heavy atom. The minimum absolute atomic E-state index is 0.169. The van der Waals surface area contributed by atoms with Crippen LogP contribution in [-0.2, 0) is 14.8 Å². The minimum atomic E-state index is -3.60. The number of rotatable bonds is 5. The zero-order valence-corrected chi connectivity index (χ0v) is 11.4. The number of carbonyl (C=O) groups excluding carboxylic acids is 1. The van der Waals surface area contributed by atoms with Crippen LogP contribution in [0, 0.1) is 5.92 Å². The number of carboxylic acid groups (broad SMARTS) is 1. The van der Waals surface area contributed by atoms with Crippen molar-refractivity contribution in [2.45, 2.75) is 37.1 Å². The third-order valence-corrected chi connectivity index (χ3v) is 4.91. The van der Waals surface area contributed by atoms with Crippen molar-refractivity contribution >= 4 is 16.0 Å². The average molecular weight is 282 g/mol. The molecule has 6 heteroatoms. The van der Waals surface area contributed by atoms with E-state index in [4.69, 9.17) is 0 Å². The third-order valence-electron chi connectivity index (χ3n) is 3.40. The van der Waals surface area contributed by atoms with Gasteiger partial charge < -0.3 is 9.90 Å². The van der Waals surface area contributed by atoms with Gasteiger partial charge in [-0.2, -0.15) is 0 Å². The Bertz CT molecular complexity index is 582. The van der Waals surface area contributed by atoms with Crippen molar-refractivity contribution in [1.82, 2.24) is 4.72 Å². The standard InChI is InChI=1S/C13H17NO4S/c1-2-3-6-10(13(15)16)12-9-7-4-5-8-11(9)19(17,18)14-12/h4-5,7-8,10,12,14H,2-3,6H2,1H3,(H,15,16)/p-1. The van der Waals surface area contributed by atoms with E-state index in [1.54, 1.807) is 18.2 Å². The molecule has 0 radical (unpaired) electrons. The number of benzene rings is 1. The first kappa shape index (κ1) is 14.0. The van der Waals surface area contributed by atoms with Crippen molar-refractivity contribution in [1.29, 1.82) is 0 Å². The van der Waals surface area contributed by atoms with E-state index in [0.717, 1.165) is 12.8 Å². The molecule has 1 aromatic carbocycles. The number of hydrogen-bond donors (Lipinski definition) is 1.